The van der Waals surface area contributed by atoms with Crippen molar-refractivity contribution in [2.24, 2.45) is 5.14 Å². The zero-order valence-corrected chi connectivity index (χ0v) is 17.5. The van der Waals surface area contributed by atoms with Gasteiger partial charge in [0, 0.05) is 5.75 Å². The van der Waals surface area contributed by atoms with Crippen LogP contribution in [0.4, 0.5) is 10.2 Å². The van der Waals surface area contributed by atoms with Gasteiger partial charge >= 0.3 is 10.3 Å². The van der Waals surface area contributed by atoms with Crippen LogP contribution < -0.4 is 10.9 Å². The minimum Gasteiger partial charge on any atom is -0.387 e. The Kier molecular flexibility index (Phi) is 6.09. The van der Waals surface area contributed by atoms with Gasteiger partial charge in [-0.2, -0.15) is 13.5 Å². The quantitative estimate of drug-likeness (QED) is 0.414. The third-order valence-electron chi connectivity index (χ3n) is 4.64. The molecule has 3 heterocycles. The SMILES string of the molecule is Nc1ncnc2c1c(SCc1ccccc1)nn2[C@@H]1O[C@H](COS(N)(=O)=O)[C@@H](O)[C@@H]1F. The predicted octanol–water partition coefficient (Wildman–Crippen LogP) is 0.517. The van der Waals surface area contributed by atoms with E-state index < -0.39 is 41.5 Å². The smallest absolute Gasteiger partial charge is 0.333 e. The number of benzene rings is 1. The molecule has 31 heavy (non-hydrogen) atoms. The molecule has 0 aliphatic carbocycles. The van der Waals surface area contributed by atoms with E-state index in [4.69, 9.17) is 15.6 Å². The minimum absolute atomic E-state index is 0.162. The summed E-state index contributed by atoms with van der Waals surface area (Å²) >= 11 is 1.36. The van der Waals surface area contributed by atoms with Crippen LogP contribution in [0.1, 0.15) is 11.8 Å². The van der Waals surface area contributed by atoms with Crippen molar-refractivity contribution in [1.82, 2.24) is 19.7 Å². The Morgan fingerprint density at radius 2 is 2.03 bits per heavy atom. The Balaban J connectivity index is 1.64. The average Bonchev–Trinajstić information content (AvgIpc) is 3.24. The molecule has 5 N–H and O–H groups in total. The van der Waals surface area contributed by atoms with Crippen LogP contribution in [-0.4, -0.2) is 58.3 Å². The van der Waals surface area contributed by atoms with Crippen LogP contribution in [0.2, 0.25) is 0 Å². The number of fused-ring (bicyclic) bond motifs is 1. The fourth-order valence-corrected chi connectivity index (χ4v) is 4.47. The normalized spacial score (nSPS) is 24.1. The molecule has 0 saturated carbocycles. The molecule has 1 saturated heterocycles. The Hall–Kier alpha value is -2.36. The standard InChI is InChI=1S/C17H19FN6O5S2/c18-12-13(25)10(6-28-31(20,26)27)29-17(12)24-15-11(14(19)21-8-22-15)16(23-24)30-7-9-4-2-1-3-5-9/h1-5,8,10,12-13,17,25H,6-7H2,(H2,19,21,22)(H2,20,26,27)/t10-,12+,13-,17-/m1/s1. The molecule has 0 spiro atoms. The Bertz CT molecular complexity index is 1180. The number of alkyl halides is 1. The lowest BCUT2D eigenvalue weighted by Crippen LogP contribution is -2.33. The second-order valence-electron chi connectivity index (χ2n) is 6.76. The number of aromatic nitrogens is 4. The molecular formula is C17H19FN6O5S2. The lowest BCUT2D eigenvalue weighted by atomic mass is 10.1. The largest absolute Gasteiger partial charge is 0.387 e. The topological polar surface area (TPSA) is 168 Å². The number of nitrogens with two attached hydrogens (primary N) is 2. The summed E-state index contributed by atoms with van der Waals surface area (Å²) in [5.74, 6) is 0.731. The molecule has 0 unspecified atom stereocenters. The van der Waals surface area contributed by atoms with E-state index in [9.17, 15) is 17.9 Å². The molecular weight excluding hydrogens is 451 g/mol. The lowest BCUT2D eigenvalue weighted by Gasteiger charge is -2.14. The molecule has 166 valence electrons. The van der Waals surface area contributed by atoms with E-state index in [0.717, 1.165) is 5.56 Å². The van der Waals surface area contributed by atoms with E-state index in [2.05, 4.69) is 19.2 Å². The minimum atomic E-state index is -4.28. The molecule has 3 aromatic rings. The van der Waals surface area contributed by atoms with Crippen molar-refractivity contribution in [3.05, 3.63) is 42.2 Å². The van der Waals surface area contributed by atoms with Crippen molar-refractivity contribution >= 4 is 38.9 Å². The van der Waals surface area contributed by atoms with Gasteiger partial charge in [-0.1, -0.05) is 42.1 Å². The number of thioether (sulfide) groups is 1. The van der Waals surface area contributed by atoms with Gasteiger partial charge in [0.15, 0.2) is 18.0 Å². The van der Waals surface area contributed by atoms with Gasteiger partial charge in [-0.3, -0.25) is 4.18 Å². The Morgan fingerprint density at radius 3 is 2.74 bits per heavy atom. The number of rotatable bonds is 7. The van der Waals surface area contributed by atoms with Gasteiger partial charge in [0.2, 0.25) is 0 Å². The first-order valence-electron chi connectivity index (χ1n) is 9.05. The van der Waals surface area contributed by atoms with Crippen molar-refractivity contribution in [2.75, 3.05) is 12.3 Å². The fraction of sp³-hybridized carbons (Fsp3) is 0.353. The number of hydrogen-bond acceptors (Lipinski definition) is 10. The van der Waals surface area contributed by atoms with Gasteiger partial charge in [-0.15, -0.1) is 0 Å². The maximum atomic E-state index is 14.9. The molecule has 4 rings (SSSR count). The van der Waals surface area contributed by atoms with Gasteiger partial charge in [0.05, 0.1) is 12.0 Å². The summed E-state index contributed by atoms with van der Waals surface area (Å²) in [6.45, 7) is -0.650. The summed E-state index contributed by atoms with van der Waals surface area (Å²) in [5, 5.41) is 20.2. The zero-order valence-electron chi connectivity index (χ0n) is 15.9. The molecule has 2 aromatic heterocycles. The monoisotopic (exact) mass is 470 g/mol. The maximum Gasteiger partial charge on any atom is 0.333 e. The van der Waals surface area contributed by atoms with Crippen LogP contribution in [0.5, 0.6) is 0 Å². The number of aliphatic hydroxyl groups is 1. The summed E-state index contributed by atoms with van der Waals surface area (Å²) in [5.41, 5.74) is 7.28. The summed E-state index contributed by atoms with van der Waals surface area (Å²) in [4.78, 5) is 8.14. The summed E-state index contributed by atoms with van der Waals surface area (Å²) in [6.07, 6.45) is -5.04. The molecule has 14 heteroatoms. The van der Waals surface area contributed by atoms with Gasteiger partial charge in [0.25, 0.3) is 0 Å². The van der Waals surface area contributed by atoms with Gasteiger partial charge in [0.1, 0.15) is 29.4 Å². The molecule has 1 aliphatic heterocycles. The number of anilines is 1. The number of halogens is 1. The average molecular weight is 471 g/mol. The number of hydrogen-bond donors (Lipinski definition) is 3. The highest BCUT2D eigenvalue weighted by Crippen LogP contribution is 2.38. The molecule has 0 bridgehead atoms. The number of nitrogen functional groups attached to an aromatic ring is 1. The second kappa shape index (κ2) is 8.64. The van der Waals surface area contributed by atoms with Crippen LogP contribution in [0.3, 0.4) is 0 Å². The van der Waals surface area contributed by atoms with E-state index in [0.29, 0.717) is 16.2 Å². The van der Waals surface area contributed by atoms with Crippen molar-refractivity contribution in [2.45, 2.75) is 35.4 Å². The Morgan fingerprint density at radius 1 is 1.29 bits per heavy atom. The van der Waals surface area contributed by atoms with Crippen molar-refractivity contribution in [3.63, 3.8) is 0 Å². The molecule has 4 atom stereocenters. The molecule has 1 aliphatic rings. The first-order chi connectivity index (χ1) is 14.7. The fourth-order valence-electron chi connectivity index (χ4n) is 3.17. The third-order valence-corrected chi connectivity index (χ3v) is 6.14. The highest BCUT2D eigenvalue weighted by Gasteiger charge is 2.47. The van der Waals surface area contributed by atoms with E-state index in [-0.39, 0.29) is 11.5 Å². The number of aliphatic hydroxyl groups excluding tert-OH is 1. The van der Waals surface area contributed by atoms with Gasteiger partial charge in [-0.05, 0) is 5.56 Å². The lowest BCUT2D eigenvalue weighted by molar-refractivity contribution is -0.0456. The van der Waals surface area contributed by atoms with Crippen molar-refractivity contribution in [3.8, 4) is 0 Å². The summed E-state index contributed by atoms with van der Waals surface area (Å²) < 4.78 is 48.0. The second-order valence-corrected chi connectivity index (χ2v) is 8.94. The van der Waals surface area contributed by atoms with Crippen LogP contribution in [0.15, 0.2) is 41.7 Å². The predicted molar refractivity (Wildman–Crippen MR) is 110 cm³/mol. The molecule has 1 fully saturated rings. The highest BCUT2D eigenvalue weighted by molar-refractivity contribution is 7.98. The first-order valence-corrected chi connectivity index (χ1v) is 11.5. The zero-order chi connectivity index (χ0) is 22.2. The highest BCUT2D eigenvalue weighted by atomic mass is 32.2. The third kappa shape index (κ3) is 4.63. The number of nitrogens with zero attached hydrogens (tertiary/aromatic N) is 4. The van der Waals surface area contributed by atoms with Crippen molar-refractivity contribution in [1.29, 1.82) is 0 Å². The van der Waals surface area contributed by atoms with Crippen LogP contribution in [0, 0.1) is 0 Å². The van der Waals surface area contributed by atoms with E-state index in [1.54, 1.807) is 0 Å². The van der Waals surface area contributed by atoms with Gasteiger partial charge < -0.3 is 15.6 Å². The van der Waals surface area contributed by atoms with E-state index in [1.807, 2.05) is 30.3 Å². The number of ether oxygens (including phenoxy) is 1. The summed E-state index contributed by atoms with van der Waals surface area (Å²) in [7, 11) is -4.28. The maximum absolute atomic E-state index is 14.9. The molecule has 1 aromatic carbocycles. The molecule has 0 amide bonds. The molecule has 11 nitrogen and oxygen atoms in total. The Labute approximate surface area is 180 Å². The first kappa shape index (κ1) is 21.9. The van der Waals surface area contributed by atoms with E-state index >= 15 is 0 Å². The van der Waals surface area contributed by atoms with Crippen LogP contribution in [0.25, 0.3) is 11.0 Å². The molecule has 0 radical (unpaired) electrons. The summed E-state index contributed by atoms with van der Waals surface area (Å²) in [6, 6.07) is 9.64. The van der Waals surface area contributed by atoms with Gasteiger partial charge in [-0.25, -0.2) is 24.2 Å². The van der Waals surface area contributed by atoms with E-state index in [1.165, 1.54) is 22.8 Å². The van der Waals surface area contributed by atoms with Crippen molar-refractivity contribution < 1.29 is 26.8 Å². The van der Waals surface area contributed by atoms with Crippen LogP contribution in [-0.2, 0) is 25.0 Å². The van der Waals surface area contributed by atoms with Crippen LogP contribution >= 0.6 is 11.8 Å².